The van der Waals surface area contributed by atoms with E-state index in [-0.39, 0.29) is 34.1 Å². The first-order chi connectivity index (χ1) is 12.0. The van der Waals surface area contributed by atoms with Crippen LogP contribution in [-0.2, 0) is 11.2 Å². The fraction of sp³-hybridized carbons (Fsp3) is 0.0667. The second-order valence-electron chi connectivity index (χ2n) is 4.86. The molecule has 0 atom stereocenters. The van der Waals surface area contributed by atoms with Crippen LogP contribution in [0.4, 0.5) is 15.9 Å². The number of nitrogens with zero attached hydrogens (tertiary/aromatic N) is 3. The maximum absolute atomic E-state index is 13.3. The number of nitrogens with one attached hydrogen (secondary N) is 1. The Bertz CT molecular complexity index is 926. The Morgan fingerprint density at radius 2 is 2.24 bits per heavy atom. The number of halogens is 2. The highest BCUT2D eigenvalue weighted by Crippen LogP contribution is 2.23. The highest BCUT2D eigenvalue weighted by molar-refractivity contribution is 9.10. The van der Waals surface area contributed by atoms with Crippen molar-refractivity contribution in [2.24, 2.45) is 10.7 Å². The summed E-state index contributed by atoms with van der Waals surface area (Å²) in [6.45, 7) is 0. The van der Waals surface area contributed by atoms with Crippen LogP contribution in [0.2, 0.25) is 0 Å². The Kier molecular flexibility index (Phi) is 5.19. The molecule has 0 saturated heterocycles. The van der Waals surface area contributed by atoms with Crippen LogP contribution in [0, 0.1) is 5.82 Å². The Morgan fingerprint density at radius 3 is 2.96 bits per heavy atom. The average Bonchev–Trinajstić information content (AvgIpc) is 3.22. The van der Waals surface area contributed by atoms with Crippen molar-refractivity contribution in [2.75, 3.05) is 5.32 Å². The van der Waals surface area contributed by atoms with Gasteiger partial charge in [-0.05, 0) is 55.9 Å². The lowest BCUT2D eigenvalue weighted by atomic mass is 10.3. The van der Waals surface area contributed by atoms with E-state index in [0.717, 1.165) is 4.88 Å². The monoisotopic (exact) mass is 423 g/mol. The van der Waals surface area contributed by atoms with Crippen molar-refractivity contribution < 1.29 is 13.8 Å². The molecule has 0 aliphatic heterocycles. The maximum Gasteiger partial charge on any atom is 0.230 e. The molecule has 128 valence electrons. The lowest BCUT2D eigenvalue weighted by Crippen LogP contribution is -2.20. The van der Waals surface area contributed by atoms with Gasteiger partial charge in [0.2, 0.25) is 11.7 Å². The van der Waals surface area contributed by atoms with E-state index >= 15 is 0 Å². The molecular formula is C15H11BrFN5O2S. The molecule has 7 nitrogen and oxygen atoms in total. The quantitative estimate of drug-likeness (QED) is 0.483. The zero-order valence-corrected chi connectivity index (χ0v) is 15.0. The van der Waals surface area contributed by atoms with Crippen molar-refractivity contribution in [1.82, 2.24) is 10.3 Å². The summed E-state index contributed by atoms with van der Waals surface area (Å²) in [7, 11) is 0. The van der Waals surface area contributed by atoms with Gasteiger partial charge in [0.25, 0.3) is 0 Å². The van der Waals surface area contributed by atoms with Crippen molar-refractivity contribution in [3.63, 3.8) is 0 Å². The van der Waals surface area contributed by atoms with Crippen LogP contribution < -0.4 is 11.1 Å². The third-order valence-electron chi connectivity index (χ3n) is 3.06. The lowest BCUT2D eigenvalue weighted by Gasteiger charge is -2.02. The molecule has 3 rings (SSSR count). The Morgan fingerprint density at radius 1 is 1.40 bits per heavy atom. The van der Waals surface area contributed by atoms with Crippen LogP contribution in [0.15, 0.2) is 49.8 Å². The topological polar surface area (TPSA) is 106 Å². The number of aromatic nitrogens is 2. The van der Waals surface area contributed by atoms with Crippen LogP contribution in [0.5, 0.6) is 0 Å². The number of nitrogens with two attached hydrogens (primary N) is 1. The summed E-state index contributed by atoms with van der Waals surface area (Å²) in [6.07, 6.45) is 0.200. The summed E-state index contributed by atoms with van der Waals surface area (Å²) < 4.78 is 18.2. The van der Waals surface area contributed by atoms with Crippen molar-refractivity contribution >= 4 is 50.5 Å². The molecule has 0 spiro atoms. The van der Waals surface area contributed by atoms with E-state index in [4.69, 9.17) is 5.73 Å². The van der Waals surface area contributed by atoms with Crippen LogP contribution in [0.25, 0.3) is 0 Å². The molecular weight excluding hydrogens is 413 g/mol. The van der Waals surface area contributed by atoms with Crippen molar-refractivity contribution in [3.8, 4) is 0 Å². The van der Waals surface area contributed by atoms with Gasteiger partial charge >= 0.3 is 0 Å². The van der Waals surface area contributed by atoms with Gasteiger partial charge in [-0.2, -0.15) is 0 Å². The smallest absolute Gasteiger partial charge is 0.230 e. The van der Waals surface area contributed by atoms with E-state index < -0.39 is 5.82 Å². The molecule has 10 heteroatoms. The fourth-order valence-electron chi connectivity index (χ4n) is 1.93. The van der Waals surface area contributed by atoms with Gasteiger partial charge in [0, 0.05) is 4.88 Å². The Balaban J connectivity index is 1.76. The standard InChI is InChI=1S/C15H11BrFN5O2S/c16-10-6-8(3-4-11(10)17)19-14(18)13-15(22-24-21-13)20-12(23)7-9-2-1-5-25-9/h1-6H,7H2,(H2,18,19)(H,20,22,23). The van der Waals surface area contributed by atoms with Gasteiger partial charge in [0.15, 0.2) is 11.5 Å². The zero-order chi connectivity index (χ0) is 17.8. The van der Waals surface area contributed by atoms with E-state index in [1.165, 1.54) is 29.5 Å². The number of anilines is 1. The maximum atomic E-state index is 13.3. The predicted octanol–water partition coefficient (Wildman–Crippen LogP) is 3.25. The normalized spacial score (nSPS) is 11.5. The SMILES string of the molecule is NC(=Nc1ccc(F)c(Br)c1)c1nonc1NC(=O)Cc1cccs1. The molecule has 0 bridgehead atoms. The number of aliphatic imine (C=N–C) groups is 1. The Labute approximate surface area is 153 Å². The minimum absolute atomic E-state index is 0.0221. The third kappa shape index (κ3) is 4.28. The minimum Gasteiger partial charge on any atom is -0.382 e. The number of rotatable bonds is 5. The van der Waals surface area contributed by atoms with E-state index in [1.807, 2.05) is 17.5 Å². The molecule has 1 amide bonds. The molecule has 0 unspecified atom stereocenters. The van der Waals surface area contributed by atoms with Gasteiger partial charge in [-0.15, -0.1) is 11.3 Å². The summed E-state index contributed by atoms with van der Waals surface area (Å²) >= 11 is 4.55. The number of hydrogen-bond acceptors (Lipinski definition) is 6. The van der Waals surface area contributed by atoms with Gasteiger partial charge in [-0.25, -0.2) is 14.0 Å². The summed E-state index contributed by atoms with van der Waals surface area (Å²) in [6, 6.07) is 7.89. The van der Waals surface area contributed by atoms with Crippen LogP contribution in [0.3, 0.4) is 0 Å². The Hall–Kier alpha value is -2.59. The number of thiophene rings is 1. The average molecular weight is 424 g/mol. The number of carbonyl (C=O) groups excluding carboxylic acids is 1. The minimum atomic E-state index is -0.415. The second-order valence-corrected chi connectivity index (χ2v) is 6.75. The van der Waals surface area contributed by atoms with E-state index in [1.54, 1.807) is 0 Å². The number of amides is 1. The summed E-state index contributed by atoms with van der Waals surface area (Å²) in [5, 5.41) is 11.8. The van der Waals surface area contributed by atoms with Crippen LogP contribution >= 0.6 is 27.3 Å². The molecule has 1 aromatic carbocycles. The number of carbonyl (C=O) groups is 1. The van der Waals surface area contributed by atoms with E-state index in [0.29, 0.717) is 5.69 Å². The lowest BCUT2D eigenvalue weighted by molar-refractivity contribution is -0.115. The van der Waals surface area contributed by atoms with Gasteiger partial charge < -0.3 is 11.1 Å². The molecule has 0 aliphatic carbocycles. The first kappa shape index (κ1) is 17.2. The molecule has 25 heavy (non-hydrogen) atoms. The van der Waals surface area contributed by atoms with Crippen molar-refractivity contribution in [2.45, 2.75) is 6.42 Å². The van der Waals surface area contributed by atoms with Crippen LogP contribution in [0.1, 0.15) is 10.6 Å². The first-order valence-corrected chi connectivity index (χ1v) is 8.64. The predicted molar refractivity (Wildman–Crippen MR) is 95.4 cm³/mol. The van der Waals surface area contributed by atoms with Gasteiger partial charge in [0.1, 0.15) is 5.82 Å². The molecule has 0 fully saturated rings. The first-order valence-electron chi connectivity index (χ1n) is 6.97. The van der Waals surface area contributed by atoms with E-state index in [9.17, 15) is 9.18 Å². The molecule has 2 aromatic heterocycles. The van der Waals surface area contributed by atoms with Crippen molar-refractivity contribution in [3.05, 3.63) is 56.6 Å². The summed E-state index contributed by atoms with van der Waals surface area (Å²) in [4.78, 5) is 17.1. The van der Waals surface area contributed by atoms with Gasteiger partial charge in [-0.3, -0.25) is 4.79 Å². The highest BCUT2D eigenvalue weighted by Gasteiger charge is 2.17. The van der Waals surface area contributed by atoms with Gasteiger partial charge in [-0.1, -0.05) is 6.07 Å². The third-order valence-corrected chi connectivity index (χ3v) is 4.54. The zero-order valence-electron chi connectivity index (χ0n) is 12.6. The summed E-state index contributed by atoms with van der Waals surface area (Å²) in [5.41, 5.74) is 6.41. The second kappa shape index (κ2) is 7.53. The van der Waals surface area contributed by atoms with Crippen LogP contribution in [-0.4, -0.2) is 22.1 Å². The number of hydrogen-bond donors (Lipinski definition) is 2. The molecule has 3 aromatic rings. The summed E-state index contributed by atoms with van der Waals surface area (Å²) in [5.74, 6) is -0.644. The van der Waals surface area contributed by atoms with Gasteiger partial charge in [0.05, 0.1) is 16.6 Å². The molecule has 0 saturated carbocycles. The largest absolute Gasteiger partial charge is 0.382 e. The van der Waals surface area contributed by atoms with E-state index in [2.05, 4.69) is 41.2 Å². The highest BCUT2D eigenvalue weighted by atomic mass is 79.9. The fourth-order valence-corrected chi connectivity index (χ4v) is 3.00. The number of benzene rings is 1. The molecule has 3 N–H and O–H groups in total. The molecule has 2 heterocycles. The molecule has 0 radical (unpaired) electrons. The number of amidine groups is 1. The van der Waals surface area contributed by atoms with Crippen molar-refractivity contribution in [1.29, 1.82) is 0 Å². The molecule has 0 aliphatic rings.